The molecule has 0 aliphatic heterocycles. The molecule has 21 heavy (non-hydrogen) atoms. The highest BCUT2D eigenvalue weighted by Crippen LogP contribution is 2.40. The van der Waals surface area contributed by atoms with E-state index < -0.39 is 0 Å². The quantitative estimate of drug-likeness (QED) is 0.685. The number of aromatic amines is 2. The van der Waals surface area contributed by atoms with Crippen molar-refractivity contribution in [1.29, 1.82) is 0 Å². The van der Waals surface area contributed by atoms with Crippen LogP contribution in [0.2, 0.25) is 0 Å². The average Bonchev–Trinajstić information content (AvgIpc) is 3.07. The second-order valence-corrected chi connectivity index (χ2v) is 6.71. The zero-order chi connectivity index (χ0) is 14.4. The molecule has 0 saturated carbocycles. The Morgan fingerprint density at radius 1 is 1.00 bits per heavy atom. The van der Waals surface area contributed by atoms with Crippen LogP contribution in [0.15, 0.2) is 47.3 Å². The van der Waals surface area contributed by atoms with Crippen LogP contribution in [0, 0.1) is 5.92 Å². The maximum Gasteiger partial charge on any atom is 0.323 e. The molecule has 1 atom stereocenters. The number of halogens is 1. The number of H-pyrrole nitrogens is 2. The summed E-state index contributed by atoms with van der Waals surface area (Å²) in [5, 5.41) is 0. The van der Waals surface area contributed by atoms with Gasteiger partial charge in [-0.1, -0.05) is 46.3 Å². The van der Waals surface area contributed by atoms with Gasteiger partial charge < -0.3 is 9.97 Å². The summed E-state index contributed by atoms with van der Waals surface area (Å²) in [6.07, 6.45) is 2.21. The Morgan fingerprint density at radius 2 is 1.67 bits per heavy atom. The van der Waals surface area contributed by atoms with Crippen LogP contribution < -0.4 is 5.69 Å². The summed E-state index contributed by atoms with van der Waals surface area (Å²) in [5.41, 5.74) is 5.72. The molecule has 1 unspecified atom stereocenters. The molecule has 1 aliphatic carbocycles. The molecule has 0 bridgehead atoms. The van der Waals surface area contributed by atoms with Crippen LogP contribution in [0.5, 0.6) is 0 Å². The Labute approximate surface area is 130 Å². The molecule has 3 nitrogen and oxygen atoms in total. The fourth-order valence-electron chi connectivity index (χ4n) is 3.29. The summed E-state index contributed by atoms with van der Waals surface area (Å²) in [6, 6.07) is 14.8. The molecule has 2 N–H and O–H groups in total. The lowest BCUT2D eigenvalue weighted by Gasteiger charge is -2.17. The Bertz CT molecular complexity index is 839. The predicted octanol–water partition coefficient (Wildman–Crippen LogP) is 3.71. The number of alkyl halides is 1. The fraction of sp³-hybridized carbons (Fsp3) is 0.235. The van der Waals surface area contributed by atoms with Gasteiger partial charge in [0, 0.05) is 4.83 Å². The summed E-state index contributed by atoms with van der Waals surface area (Å²) < 4.78 is 0. The maximum absolute atomic E-state index is 11.4. The summed E-state index contributed by atoms with van der Waals surface area (Å²) in [7, 11) is 0. The second kappa shape index (κ2) is 4.88. The first-order chi connectivity index (χ1) is 10.2. The molecular weight excluding hydrogens is 328 g/mol. The molecule has 2 aromatic carbocycles. The molecule has 0 spiro atoms. The van der Waals surface area contributed by atoms with Gasteiger partial charge in [-0.05, 0) is 47.6 Å². The van der Waals surface area contributed by atoms with E-state index >= 15 is 0 Å². The largest absolute Gasteiger partial charge is 0.323 e. The maximum atomic E-state index is 11.4. The first kappa shape index (κ1) is 12.9. The number of benzene rings is 2. The average molecular weight is 343 g/mol. The van der Waals surface area contributed by atoms with E-state index in [1.165, 1.54) is 16.7 Å². The minimum Gasteiger partial charge on any atom is -0.306 e. The third kappa shape index (κ3) is 2.23. The van der Waals surface area contributed by atoms with E-state index in [4.69, 9.17) is 0 Å². The molecule has 4 heteroatoms. The summed E-state index contributed by atoms with van der Waals surface area (Å²) in [4.78, 5) is 17.3. The first-order valence-corrected chi connectivity index (χ1v) is 8.05. The molecular formula is C17H15BrN2O. The SMILES string of the molecule is O=c1[nH]c2ccc(C(Br)C3Cc4ccccc4C3)cc2[nH]1. The summed E-state index contributed by atoms with van der Waals surface area (Å²) >= 11 is 3.86. The predicted molar refractivity (Wildman–Crippen MR) is 87.9 cm³/mol. The molecule has 3 aromatic rings. The van der Waals surface area contributed by atoms with E-state index in [-0.39, 0.29) is 5.69 Å². The van der Waals surface area contributed by atoms with E-state index in [0.717, 1.165) is 23.9 Å². The molecule has 0 fully saturated rings. The summed E-state index contributed by atoms with van der Waals surface area (Å²) in [6.45, 7) is 0. The van der Waals surface area contributed by atoms with Crippen molar-refractivity contribution in [2.24, 2.45) is 5.92 Å². The van der Waals surface area contributed by atoms with Gasteiger partial charge in [-0.2, -0.15) is 0 Å². The van der Waals surface area contributed by atoms with Crippen LogP contribution in [-0.4, -0.2) is 9.97 Å². The number of fused-ring (bicyclic) bond motifs is 2. The molecule has 4 rings (SSSR count). The van der Waals surface area contributed by atoms with E-state index in [0.29, 0.717) is 10.7 Å². The van der Waals surface area contributed by atoms with Gasteiger partial charge >= 0.3 is 5.69 Å². The van der Waals surface area contributed by atoms with Crippen molar-refractivity contribution in [3.8, 4) is 0 Å². The highest BCUT2D eigenvalue weighted by atomic mass is 79.9. The van der Waals surface area contributed by atoms with Crippen molar-refractivity contribution in [3.05, 3.63) is 69.6 Å². The van der Waals surface area contributed by atoms with Gasteiger partial charge in [0.15, 0.2) is 0 Å². The number of rotatable bonds is 2. The summed E-state index contributed by atoms with van der Waals surface area (Å²) in [5.74, 6) is 0.561. The first-order valence-electron chi connectivity index (χ1n) is 7.13. The zero-order valence-electron chi connectivity index (χ0n) is 11.4. The molecule has 0 amide bonds. The van der Waals surface area contributed by atoms with Gasteiger partial charge in [0.05, 0.1) is 11.0 Å². The van der Waals surface area contributed by atoms with Gasteiger partial charge in [0.1, 0.15) is 0 Å². The van der Waals surface area contributed by atoms with Gasteiger partial charge in [-0.15, -0.1) is 0 Å². The lowest BCUT2D eigenvalue weighted by Crippen LogP contribution is -2.07. The van der Waals surface area contributed by atoms with Crippen LogP contribution in [0.4, 0.5) is 0 Å². The van der Waals surface area contributed by atoms with Crippen molar-refractivity contribution in [1.82, 2.24) is 9.97 Å². The second-order valence-electron chi connectivity index (χ2n) is 5.72. The molecule has 1 aromatic heterocycles. The van der Waals surface area contributed by atoms with Crippen molar-refractivity contribution in [3.63, 3.8) is 0 Å². The molecule has 106 valence electrons. The van der Waals surface area contributed by atoms with Crippen molar-refractivity contribution >= 4 is 27.0 Å². The number of nitrogens with one attached hydrogen (secondary N) is 2. The van der Waals surface area contributed by atoms with Gasteiger partial charge in [0.2, 0.25) is 0 Å². The topological polar surface area (TPSA) is 48.6 Å². The molecule has 1 aliphatic rings. The Hall–Kier alpha value is -1.81. The van der Waals surface area contributed by atoms with Crippen LogP contribution >= 0.6 is 15.9 Å². The smallest absolute Gasteiger partial charge is 0.306 e. The van der Waals surface area contributed by atoms with Crippen LogP contribution in [-0.2, 0) is 12.8 Å². The third-order valence-corrected chi connectivity index (χ3v) is 5.63. The van der Waals surface area contributed by atoms with Crippen LogP contribution in [0.3, 0.4) is 0 Å². The van der Waals surface area contributed by atoms with Crippen molar-refractivity contribution < 1.29 is 0 Å². The highest BCUT2D eigenvalue weighted by Gasteiger charge is 2.28. The molecule has 0 radical (unpaired) electrons. The van der Waals surface area contributed by atoms with Gasteiger partial charge in [-0.25, -0.2) is 4.79 Å². The molecule has 1 heterocycles. The monoisotopic (exact) mass is 342 g/mol. The van der Waals surface area contributed by atoms with Crippen LogP contribution in [0.1, 0.15) is 21.5 Å². The minimum absolute atomic E-state index is 0.151. The fourth-order valence-corrected chi connectivity index (χ4v) is 3.95. The van der Waals surface area contributed by atoms with Crippen molar-refractivity contribution in [2.75, 3.05) is 0 Å². The number of imidazole rings is 1. The number of hydrogen-bond donors (Lipinski definition) is 2. The van der Waals surface area contributed by atoms with E-state index in [9.17, 15) is 4.79 Å². The number of aromatic nitrogens is 2. The highest BCUT2D eigenvalue weighted by molar-refractivity contribution is 9.09. The Kier molecular flexibility index (Phi) is 3.00. The normalized spacial score (nSPS) is 16.2. The number of hydrogen-bond acceptors (Lipinski definition) is 1. The molecule has 0 saturated heterocycles. The zero-order valence-corrected chi connectivity index (χ0v) is 13.0. The Morgan fingerprint density at radius 3 is 2.38 bits per heavy atom. The minimum atomic E-state index is -0.151. The van der Waals surface area contributed by atoms with E-state index in [1.807, 2.05) is 6.07 Å². The standard InChI is InChI=1S/C17H15BrN2O/c18-16(13-7-10-3-1-2-4-11(10)8-13)12-5-6-14-15(9-12)20-17(21)19-14/h1-6,9,13,16H,7-8H2,(H2,19,20,21). The van der Waals surface area contributed by atoms with E-state index in [2.05, 4.69) is 62.3 Å². The lowest BCUT2D eigenvalue weighted by molar-refractivity contribution is 0.555. The van der Waals surface area contributed by atoms with Crippen LogP contribution in [0.25, 0.3) is 11.0 Å². The Balaban J connectivity index is 1.65. The third-order valence-electron chi connectivity index (χ3n) is 4.35. The van der Waals surface area contributed by atoms with Crippen molar-refractivity contribution in [2.45, 2.75) is 17.7 Å². The van der Waals surface area contributed by atoms with E-state index in [1.54, 1.807) is 0 Å². The van der Waals surface area contributed by atoms with Gasteiger partial charge in [0.25, 0.3) is 0 Å². The van der Waals surface area contributed by atoms with Gasteiger partial charge in [-0.3, -0.25) is 0 Å². The lowest BCUT2D eigenvalue weighted by atomic mass is 9.96.